The number of imide groups is 1. The van der Waals surface area contributed by atoms with Gasteiger partial charge in [0.1, 0.15) is 0 Å². The van der Waals surface area contributed by atoms with Crippen molar-refractivity contribution in [3.05, 3.63) is 64.7 Å². The number of carbonyl (C=O) groups excluding carboxylic acids is 3. The van der Waals surface area contributed by atoms with E-state index in [4.69, 9.17) is 0 Å². The van der Waals surface area contributed by atoms with Crippen molar-refractivity contribution in [1.82, 2.24) is 0 Å². The number of aryl methyl sites for hydroxylation is 2. The number of carbonyl (C=O) groups is 3. The first kappa shape index (κ1) is 22.4. The van der Waals surface area contributed by atoms with Crippen molar-refractivity contribution in [3.63, 3.8) is 0 Å². The molecule has 0 saturated carbocycles. The molecule has 6 nitrogen and oxygen atoms in total. The number of fused-ring (bicyclic) bond motifs is 1. The average Bonchev–Trinajstić information content (AvgIpc) is 2.77. The van der Waals surface area contributed by atoms with Crippen LogP contribution in [-0.4, -0.2) is 37.7 Å². The second kappa shape index (κ2) is 10.2. The van der Waals surface area contributed by atoms with Crippen LogP contribution in [0, 0.1) is 13.8 Å². The molecule has 1 heterocycles. The Morgan fingerprint density at radius 3 is 2.58 bits per heavy atom. The number of methoxy groups -OCH3 is 1. The highest BCUT2D eigenvalue weighted by molar-refractivity contribution is 6.29. The van der Waals surface area contributed by atoms with Gasteiger partial charge < -0.3 is 4.74 Å². The quantitative estimate of drug-likeness (QED) is 0.275. The lowest BCUT2D eigenvalue weighted by atomic mass is 9.88. The molecule has 31 heavy (non-hydrogen) atoms. The van der Waals surface area contributed by atoms with E-state index < -0.39 is 5.92 Å². The van der Waals surface area contributed by atoms with E-state index in [0.717, 1.165) is 30.4 Å². The van der Waals surface area contributed by atoms with Crippen molar-refractivity contribution in [3.8, 4) is 0 Å². The minimum atomic E-state index is -0.606. The van der Waals surface area contributed by atoms with Gasteiger partial charge in [0, 0.05) is 24.7 Å². The molecule has 0 N–H and O–H groups in total. The van der Waals surface area contributed by atoms with Gasteiger partial charge in [0.25, 0.3) is 5.91 Å². The molecule has 0 saturated heterocycles. The molecule has 1 aliphatic heterocycles. The topological polar surface area (TPSA) is 76.0 Å². The zero-order valence-electron chi connectivity index (χ0n) is 18.3. The van der Waals surface area contributed by atoms with Gasteiger partial charge >= 0.3 is 5.97 Å². The first-order valence-corrected chi connectivity index (χ1v) is 10.5. The SMILES string of the molecule is COC(=O)CCCCCN=C[C@H]1C(=O)N(c2ccc(C)c(C)c2)C(=O)c2ccccc21. The van der Waals surface area contributed by atoms with E-state index in [1.54, 1.807) is 18.3 Å². The lowest BCUT2D eigenvalue weighted by Crippen LogP contribution is -2.45. The highest BCUT2D eigenvalue weighted by Gasteiger charge is 2.38. The summed E-state index contributed by atoms with van der Waals surface area (Å²) in [4.78, 5) is 43.3. The van der Waals surface area contributed by atoms with Gasteiger partial charge in [0.15, 0.2) is 0 Å². The summed E-state index contributed by atoms with van der Waals surface area (Å²) in [5.41, 5.74) is 3.91. The van der Waals surface area contributed by atoms with E-state index in [-0.39, 0.29) is 17.8 Å². The number of hydrogen-bond acceptors (Lipinski definition) is 5. The highest BCUT2D eigenvalue weighted by atomic mass is 16.5. The number of nitrogens with zero attached hydrogens (tertiary/aromatic N) is 2. The summed E-state index contributed by atoms with van der Waals surface area (Å²) in [6.45, 7) is 4.52. The molecule has 0 aliphatic carbocycles. The molecule has 6 heteroatoms. The van der Waals surface area contributed by atoms with Crippen LogP contribution in [0.15, 0.2) is 47.5 Å². The Bertz CT molecular complexity index is 1010. The zero-order valence-corrected chi connectivity index (χ0v) is 18.3. The monoisotopic (exact) mass is 420 g/mol. The van der Waals surface area contributed by atoms with E-state index >= 15 is 0 Å². The lowest BCUT2D eigenvalue weighted by Gasteiger charge is -2.31. The average molecular weight is 421 g/mol. The molecule has 0 fully saturated rings. The van der Waals surface area contributed by atoms with Gasteiger partial charge in [-0.3, -0.25) is 19.4 Å². The van der Waals surface area contributed by atoms with Gasteiger partial charge in [0.2, 0.25) is 5.91 Å². The van der Waals surface area contributed by atoms with Crippen LogP contribution < -0.4 is 4.90 Å². The minimum Gasteiger partial charge on any atom is -0.469 e. The highest BCUT2D eigenvalue weighted by Crippen LogP contribution is 2.32. The van der Waals surface area contributed by atoms with E-state index in [1.165, 1.54) is 12.0 Å². The molecule has 2 aromatic carbocycles. The van der Waals surface area contributed by atoms with Crippen molar-refractivity contribution in [2.24, 2.45) is 4.99 Å². The summed E-state index contributed by atoms with van der Waals surface area (Å²) in [5, 5.41) is 0. The number of esters is 1. The molecular formula is C25H28N2O4. The standard InChI is InChI=1S/C25H28N2O4/c1-17-12-13-19(15-18(17)2)27-24(29)21-10-7-6-9-20(21)22(25(27)30)16-26-14-8-4-5-11-23(28)31-3/h6-7,9-10,12-13,15-16,22H,4-5,8,11,14H2,1-3H3/t22-/m1/s1. The Morgan fingerprint density at radius 2 is 1.84 bits per heavy atom. The molecule has 1 atom stereocenters. The smallest absolute Gasteiger partial charge is 0.305 e. The third-order valence-electron chi connectivity index (χ3n) is 5.61. The predicted molar refractivity (Wildman–Crippen MR) is 121 cm³/mol. The second-order valence-electron chi connectivity index (χ2n) is 7.75. The van der Waals surface area contributed by atoms with E-state index in [2.05, 4.69) is 9.73 Å². The first-order valence-electron chi connectivity index (χ1n) is 10.5. The maximum atomic E-state index is 13.3. The molecule has 0 spiro atoms. The van der Waals surface area contributed by atoms with E-state index in [9.17, 15) is 14.4 Å². The number of unbranched alkanes of at least 4 members (excludes halogenated alkanes) is 2. The zero-order chi connectivity index (χ0) is 22.4. The fourth-order valence-corrected chi connectivity index (χ4v) is 3.64. The second-order valence-corrected chi connectivity index (χ2v) is 7.75. The summed E-state index contributed by atoms with van der Waals surface area (Å²) in [7, 11) is 1.39. The Kier molecular flexibility index (Phi) is 7.34. The van der Waals surface area contributed by atoms with Crippen LogP contribution in [0.1, 0.15) is 58.6 Å². The molecular weight excluding hydrogens is 392 g/mol. The van der Waals surface area contributed by atoms with Crippen LogP contribution in [-0.2, 0) is 14.3 Å². The lowest BCUT2D eigenvalue weighted by molar-refractivity contribution is -0.140. The summed E-state index contributed by atoms with van der Waals surface area (Å²) in [5.74, 6) is -1.41. The largest absolute Gasteiger partial charge is 0.469 e. The van der Waals surface area contributed by atoms with Gasteiger partial charge in [-0.15, -0.1) is 0 Å². The third kappa shape index (κ3) is 5.08. The van der Waals surface area contributed by atoms with Gasteiger partial charge in [-0.2, -0.15) is 0 Å². The van der Waals surface area contributed by atoms with Crippen molar-refractivity contribution < 1.29 is 19.1 Å². The molecule has 162 valence electrons. The van der Waals surface area contributed by atoms with Crippen molar-refractivity contribution in [2.75, 3.05) is 18.6 Å². The summed E-state index contributed by atoms with van der Waals surface area (Å²) in [6.07, 6.45) is 4.48. The summed E-state index contributed by atoms with van der Waals surface area (Å²) in [6, 6.07) is 12.8. The summed E-state index contributed by atoms with van der Waals surface area (Å²) >= 11 is 0. The fourth-order valence-electron chi connectivity index (χ4n) is 3.64. The number of rotatable bonds is 8. The number of aliphatic imine (C=N–C) groups is 1. The first-order chi connectivity index (χ1) is 14.9. The normalized spacial score (nSPS) is 16.0. The van der Waals surface area contributed by atoms with Crippen LogP contribution in [0.3, 0.4) is 0 Å². The molecule has 2 aromatic rings. The maximum Gasteiger partial charge on any atom is 0.305 e. The van der Waals surface area contributed by atoms with Crippen molar-refractivity contribution >= 4 is 29.7 Å². The molecule has 0 radical (unpaired) electrons. The van der Waals surface area contributed by atoms with Crippen LogP contribution >= 0.6 is 0 Å². The Labute approximate surface area is 182 Å². The number of amides is 2. The molecule has 0 bridgehead atoms. The number of ether oxygens (including phenoxy) is 1. The van der Waals surface area contributed by atoms with Crippen LogP contribution in [0.2, 0.25) is 0 Å². The minimum absolute atomic E-state index is 0.205. The number of benzene rings is 2. The van der Waals surface area contributed by atoms with Crippen LogP contribution in [0.4, 0.5) is 5.69 Å². The Balaban J connectivity index is 1.77. The number of hydrogen-bond donors (Lipinski definition) is 0. The van der Waals surface area contributed by atoms with Crippen LogP contribution in [0.5, 0.6) is 0 Å². The molecule has 1 aliphatic rings. The van der Waals surface area contributed by atoms with E-state index in [0.29, 0.717) is 29.8 Å². The molecule has 3 rings (SSSR count). The van der Waals surface area contributed by atoms with Crippen molar-refractivity contribution in [1.29, 1.82) is 0 Å². The van der Waals surface area contributed by atoms with E-state index in [1.807, 2.05) is 44.2 Å². The van der Waals surface area contributed by atoms with Crippen molar-refractivity contribution in [2.45, 2.75) is 45.4 Å². The maximum absolute atomic E-state index is 13.3. The number of anilines is 1. The summed E-state index contributed by atoms with van der Waals surface area (Å²) < 4.78 is 4.63. The Hall–Kier alpha value is -3.28. The van der Waals surface area contributed by atoms with Gasteiger partial charge in [-0.25, -0.2) is 4.90 Å². The van der Waals surface area contributed by atoms with Gasteiger partial charge in [-0.05, 0) is 61.6 Å². The molecule has 0 unspecified atom stereocenters. The van der Waals surface area contributed by atoms with Crippen LogP contribution in [0.25, 0.3) is 0 Å². The third-order valence-corrected chi connectivity index (χ3v) is 5.61. The molecule has 2 amide bonds. The predicted octanol–water partition coefficient (Wildman–Crippen LogP) is 4.38. The fraction of sp³-hybridized carbons (Fsp3) is 0.360. The van der Waals surface area contributed by atoms with Gasteiger partial charge in [0.05, 0.1) is 18.7 Å². The Morgan fingerprint density at radius 1 is 1.06 bits per heavy atom. The van der Waals surface area contributed by atoms with Gasteiger partial charge in [-0.1, -0.05) is 30.7 Å². The molecule has 0 aromatic heterocycles.